The largest absolute Gasteiger partial charge is 0.376 e. The molecular formula is C15H21F2NO. The predicted octanol–water partition coefficient (Wildman–Crippen LogP) is 3.56. The van der Waals surface area contributed by atoms with E-state index in [0.29, 0.717) is 11.5 Å². The molecule has 106 valence electrons. The monoisotopic (exact) mass is 269 g/mol. The van der Waals surface area contributed by atoms with E-state index in [0.717, 1.165) is 31.7 Å². The van der Waals surface area contributed by atoms with Crippen molar-refractivity contribution >= 4 is 0 Å². The van der Waals surface area contributed by atoms with Crippen LogP contribution >= 0.6 is 0 Å². The molecule has 3 atom stereocenters. The van der Waals surface area contributed by atoms with Crippen LogP contribution in [0.15, 0.2) is 18.2 Å². The highest BCUT2D eigenvalue weighted by molar-refractivity contribution is 5.25. The summed E-state index contributed by atoms with van der Waals surface area (Å²) in [7, 11) is 1.62. The maximum atomic E-state index is 13.9. The molecule has 0 heterocycles. The summed E-state index contributed by atoms with van der Waals surface area (Å²) in [6.45, 7) is 2.15. The zero-order valence-corrected chi connectivity index (χ0v) is 11.5. The first kappa shape index (κ1) is 14.4. The number of rotatable bonds is 3. The third-order valence-corrected chi connectivity index (χ3v) is 4.26. The third kappa shape index (κ3) is 2.79. The van der Waals surface area contributed by atoms with Gasteiger partial charge in [-0.15, -0.1) is 0 Å². The minimum Gasteiger partial charge on any atom is -0.376 e. The van der Waals surface area contributed by atoms with Gasteiger partial charge < -0.3 is 10.5 Å². The van der Waals surface area contributed by atoms with Crippen molar-refractivity contribution in [3.8, 4) is 0 Å². The minimum atomic E-state index is -0.595. The van der Waals surface area contributed by atoms with Crippen molar-refractivity contribution in [3.63, 3.8) is 0 Å². The van der Waals surface area contributed by atoms with Gasteiger partial charge in [-0.3, -0.25) is 0 Å². The van der Waals surface area contributed by atoms with Gasteiger partial charge in [0.05, 0.1) is 11.6 Å². The topological polar surface area (TPSA) is 35.2 Å². The van der Waals surface area contributed by atoms with E-state index in [4.69, 9.17) is 10.5 Å². The van der Waals surface area contributed by atoms with Crippen molar-refractivity contribution < 1.29 is 13.5 Å². The summed E-state index contributed by atoms with van der Waals surface area (Å²) < 4.78 is 32.5. The summed E-state index contributed by atoms with van der Waals surface area (Å²) in [5, 5.41) is 0. The molecule has 2 nitrogen and oxygen atoms in total. The van der Waals surface area contributed by atoms with E-state index < -0.39 is 23.3 Å². The highest BCUT2D eigenvalue weighted by Gasteiger charge is 2.42. The summed E-state index contributed by atoms with van der Waals surface area (Å²) >= 11 is 0. The molecule has 0 spiro atoms. The molecule has 0 amide bonds. The Morgan fingerprint density at radius 1 is 1.42 bits per heavy atom. The number of hydrogen-bond donors (Lipinski definition) is 1. The summed E-state index contributed by atoms with van der Waals surface area (Å²) in [5.41, 5.74) is 6.03. The second-order valence-corrected chi connectivity index (χ2v) is 5.61. The molecule has 19 heavy (non-hydrogen) atoms. The van der Waals surface area contributed by atoms with Crippen LogP contribution in [0.4, 0.5) is 8.78 Å². The number of hydrogen-bond acceptors (Lipinski definition) is 2. The molecule has 0 aliphatic heterocycles. The molecule has 1 aromatic rings. The van der Waals surface area contributed by atoms with E-state index in [1.54, 1.807) is 7.11 Å². The van der Waals surface area contributed by atoms with E-state index in [9.17, 15) is 8.78 Å². The molecule has 1 aromatic carbocycles. The molecule has 0 bridgehead atoms. The zero-order chi connectivity index (χ0) is 14.0. The van der Waals surface area contributed by atoms with Crippen LogP contribution in [-0.2, 0) is 4.74 Å². The Kier molecular flexibility index (Phi) is 4.21. The SMILES string of the molecule is COC1(C(N)c2ccc(F)cc2F)CCCC(C)C1. The minimum absolute atomic E-state index is 0.331. The van der Waals surface area contributed by atoms with Gasteiger partial charge in [-0.1, -0.05) is 25.8 Å². The first-order valence-electron chi connectivity index (χ1n) is 6.74. The lowest BCUT2D eigenvalue weighted by atomic mass is 9.73. The lowest BCUT2D eigenvalue weighted by molar-refractivity contribution is -0.0724. The van der Waals surface area contributed by atoms with Crippen LogP contribution in [0.2, 0.25) is 0 Å². The fourth-order valence-corrected chi connectivity index (χ4v) is 3.18. The average molecular weight is 269 g/mol. The van der Waals surface area contributed by atoms with Crippen molar-refractivity contribution in [2.45, 2.75) is 44.2 Å². The maximum absolute atomic E-state index is 13.9. The Labute approximate surface area is 112 Å². The molecular weight excluding hydrogens is 248 g/mol. The molecule has 1 aliphatic carbocycles. The summed E-state index contributed by atoms with van der Waals surface area (Å²) in [5.74, 6) is -0.678. The van der Waals surface area contributed by atoms with Gasteiger partial charge in [0.15, 0.2) is 0 Å². The Hall–Kier alpha value is -1.00. The van der Waals surface area contributed by atoms with Crippen molar-refractivity contribution in [1.29, 1.82) is 0 Å². The van der Waals surface area contributed by atoms with E-state index in [-0.39, 0.29) is 0 Å². The van der Waals surface area contributed by atoms with Crippen LogP contribution in [0.25, 0.3) is 0 Å². The van der Waals surface area contributed by atoms with Crippen LogP contribution in [0, 0.1) is 17.6 Å². The van der Waals surface area contributed by atoms with E-state index >= 15 is 0 Å². The molecule has 2 rings (SSSR count). The Balaban J connectivity index is 2.32. The Morgan fingerprint density at radius 2 is 2.16 bits per heavy atom. The highest BCUT2D eigenvalue weighted by atomic mass is 19.1. The fourth-order valence-electron chi connectivity index (χ4n) is 3.18. The third-order valence-electron chi connectivity index (χ3n) is 4.26. The Bertz CT molecular complexity index is 452. The van der Waals surface area contributed by atoms with Crippen LogP contribution in [0.1, 0.15) is 44.2 Å². The maximum Gasteiger partial charge on any atom is 0.130 e. The smallest absolute Gasteiger partial charge is 0.130 e. The second kappa shape index (κ2) is 5.55. The molecule has 0 aromatic heterocycles. The molecule has 1 fully saturated rings. The van der Waals surface area contributed by atoms with Gasteiger partial charge in [0.25, 0.3) is 0 Å². The number of halogens is 2. The molecule has 0 saturated heterocycles. The van der Waals surface area contributed by atoms with E-state index in [2.05, 4.69) is 6.92 Å². The number of ether oxygens (including phenoxy) is 1. The predicted molar refractivity (Wildman–Crippen MR) is 70.7 cm³/mol. The van der Waals surface area contributed by atoms with Crippen molar-refractivity contribution in [1.82, 2.24) is 0 Å². The first-order valence-corrected chi connectivity index (χ1v) is 6.74. The Morgan fingerprint density at radius 3 is 2.74 bits per heavy atom. The lowest BCUT2D eigenvalue weighted by Gasteiger charge is -2.43. The summed E-state index contributed by atoms with van der Waals surface area (Å²) in [6.07, 6.45) is 3.78. The van der Waals surface area contributed by atoms with Crippen molar-refractivity contribution in [2.24, 2.45) is 11.7 Å². The zero-order valence-electron chi connectivity index (χ0n) is 11.5. The van der Waals surface area contributed by atoms with Gasteiger partial charge in [-0.05, 0) is 24.8 Å². The standard InChI is InChI=1S/C15H21F2NO/c1-10-4-3-7-15(9-10,19-2)14(18)12-6-5-11(16)8-13(12)17/h5-6,8,10,14H,3-4,7,9,18H2,1-2H3. The quantitative estimate of drug-likeness (QED) is 0.910. The van der Waals surface area contributed by atoms with Crippen LogP contribution in [0.5, 0.6) is 0 Å². The van der Waals surface area contributed by atoms with Crippen molar-refractivity contribution in [3.05, 3.63) is 35.4 Å². The van der Waals surface area contributed by atoms with Gasteiger partial charge in [-0.2, -0.15) is 0 Å². The van der Waals surface area contributed by atoms with Crippen LogP contribution in [-0.4, -0.2) is 12.7 Å². The van der Waals surface area contributed by atoms with Gasteiger partial charge >= 0.3 is 0 Å². The van der Waals surface area contributed by atoms with Gasteiger partial charge in [0.2, 0.25) is 0 Å². The molecule has 1 aliphatic rings. The lowest BCUT2D eigenvalue weighted by Crippen LogP contribution is -2.46. The molecule has 3 unspecified atom stereocenters. The first-order chi connectivity index (χ1) is 8.98. The normalized spacial score (nSPS) is 29.2. The van der Waals surface area contributed by atoms with Gasteiger partial charge in [0, 0.05) is 18.7 Å². The summed E-state index contributed by atoms with van der Waals surface area (Å²) in [4.78, 5) is 0. The van der Waals surface area contributed by atoms with E-state index in [1.807, 2.05) is 0 Å². The second-order valence-electron chi connectivity index (χ2n) is 5.61. The van der Waals surface area contributed by atoms with Crippen LogP contribution in [0.3, 0.4) is 0 Å². The van der Waals surface area contributed by atoms with Crippen molar-refractivity contribution in [2.75, 3.05) is 7.11 Å². The van der Waals surface area contributed by atoms with E-state index in [1.165, 1.54) is 12.1 Å². The fraction of sp³-hybridized carbons (Fsp3) is 0.600. The molecule has 0 radical (unpaired) electrons. The summed E-state index contributed by atoms with van der Waals surface area (Å²) in [6, 6.07) is 2.98. The average Bonchev–Trinajstić information content (AvgIpc) is 2.38. The van der Waals surface area contributed by atoms with Crippen LogP contribution < -0.4 is 5.73 Å². The highest BCUT2D eigenvalue weighted by Crippen LogP contribution is 2.42. The molecule has 4 heteroatoms. The number of methoxy groups -OCH3 is 1. The number of benzene rings is 1. The number of nitrogens with two attached hydrogens (primary N) is 1. The molecule has 1 saturated carbocycles. The van der Waals surface area contributed by atoms with Gasteiger partial charge in [-0.25, -0.2) is 8.78 Å². The molecule has 2 N–H and O–H groups in total. The van der Waals surface area contributed by atoms with Gasteiger partial charge in [0.1, 0.15) is 11.6 Å².